The molecule has 1 heterocycles. The predicted octanol–water partition coefficient (Wildman–Crippen LogP) is 1.87. The number of carboxylic acid groups (broad SMARTS) is 1. The summed E-state index contributed by atoms with van der Waals surface area (Å²) in [5.41, 5.74) is 0.668. The van der Waals surface area contributed by atoms with Crippen LogP contribution >= 0.6 is 12.2 Å². The highest BCUT2D eigenvalue weighted by Crippen LogP contribution is 2.28. The van der Waals surface area contributed by atoms with Crippen LogP contribution < -0.4 is 4.90 Å². The molecule has 20 heavy (non-hydrogen) atoms. The molecular weight excluding hydrogens is 276 g/mol. The van der Waals surface area contributed by atoms with E-state index in [1.807, 2.05) is 32.0 Å². The quantitative estimate of drug-likeness (QED) is 0.859. The van der Waals surface area contributed by atoms with Gasteiger partial charge in [0.25, 0.3) is 5.91 Å². The van der Waals surface area contributed by atoms with Crippen LogP contribution in [0, 0.1) is 0 Å². The van der Waals surface area contributed by atoms with Crippen molar-refractivity contribution < 1.29 is 14.7 Å². The first-order valence-corrected chi connectivity index (χ1v) is 6.77. The van der Waals surface area contributed by atoms with Crippen LogP contribution in [0.25, 0.3) is 0 Å². The molecule has 106 valence electrons. The molecule has 5 nitrogen and oxygen atoms in total. The van der Waals surface area contributed by atoms with E-state index >= 15 is 0 Å². The van der Waals surface area contributed by atoms with Crippen molar-refractivity contribution in [2.24, 2.45) is 0 Å². The van der Waals surface area contributed by atoms with Crippen LogP contribution in [0.5, 0.6) is 0 Å². The van der Waals surface area contributed by atoms with Crippen molar-refractivity contribution in [3.05, 3.63) is 30.3 Å². The van der Waals surface area contributed by atoms with Crippen LogP contribution in [-0.2, 0) is 9.59 Å². The van der Waals surface area contributed by atoms with Gasteiger partial charge in [-0.25, -0.2) is 0 Å². The first kappa shape index (κ1) is 14.5. The molecule has 1 fully saturated rings. The minimum absolute atomic E-state index is 0.0375. The summed E-state index contributed by atoms with van der Waals surface area (Å²) >= 11 is 5.37. The Balaban J connectivity index is 2.39. The molecule has 6 heteroatoms. The van der Waals surface area contributed by atoms with Crippen LogP contribution in [-0.4, -0.2) is 39.1 Å². The van der Waals surface area contributed by atoms with Gasteiger partial charge in [-0.05, 0) is 38.2 Å². The number of para-hydroxylation sites is 1. The molecule has 1 unspecified atom stereocenters. The number of carbonyl (C=O) groups excluding carboxylic acids is 1. The zero-order valence-corrected chi connectivity index (χ0v) is 12.1. The summed E-state index contributed by atoms with van der Waals surface area (Å²) < 4.78 is 0. The molecule has 1 aromatic rings. The van der Waals surface area contributed by atoms with Crippen molar-refractivity contribution in [1.82, 2.24) is 4.90 Å². The molecule has 0 aliphatic carbocycles. The Morgan fingerprint density at radius 2 is 1.95 bits per heavy atom. The van der Waals surface area contributed by atoms with Crippen LogP contribution in [0.4, 0.5) is 5.69 Å². The fourth-order valence-corrected chi connectivity index (χ4v) is 2.89. The van der Waals surface area contributed by atoms with Gasteiger partial charge in [0.05, 0.1) is 12.1 Å². The van der Waals surface area contributed by atoms with E-state index in [4.69, 9.17) is 17.3 Å². The van der Waals surface area contributed by atoms with Gasteiger partial charge < -0.3 is 10.0 Å². The summed E-state index contributed by atoms with van der Waals surface area (Å²) in [6, 6.07) is 8.27. The van der Waals surface area contributed by atoms with Gasteiger partial charge in [0.2, 0.25) is 0 Å². The third-order valence-electron chi connectivity index (χ3n) is 3.19. The summed E-state index contributed by atoms with van der Waals surface area (Å²) in [6.45, 7) is 3.78. The van der Waals surface area contributed by atoms with E-state index in [0.717, 1.165) is 0 Å². The van der Waals surface area contributed by atoms with E-state index in [1.54, 1.807) is 17.0 Å². The standard InChI is InChI=1S/C14H16N2O3S/c1-9(2)15-11(8-12(17)18)13(19)16(14(15)20)10-6-4-3-5-7-10/h3-7,9,11H,8H2,1-2H3,(H,17,18). The zero-order chi connectivity index (χ0) is 14.9. The smallest absolute Gasteiger partial charge is 0.305 e. The van der Waals surface area contributed by atoms with Gasteiger partial charge in [0.1, 0.15) is 6.04 Å². The second-order valence-corrected chi connectivity index (χ2v) is 5.27. The molecule has 1 atom stereocenters. The number of carbonyl (C=O) groups is 2. The van der Waals surface area contributed by atoms with Gasteiger partial charge in [0.15, 0.2) is 5.11 Å². The highest BCUT2D eigenvalue weighted by atomic mass is 32.1. The molecule has 1 aliphatic heterocycles. The number of benzene rings is 1. The van der Waals surface area contributed by atoms with Crippen LogP contribution in [0.3, 0.4) is 0 Å². The Kier molecular flexibility index (Phi) is 4.04. The van der Waals surface area contributed by atoms with Crippen molar-refractivity contribution in [3.8, 4) is 0 Å². The van der Waals surface area contributed by atoms with Crippen molar-refractivity contribution >= 4 is 34.9 Å². The molecule has 0 radical (unpaired) electrons. The average molecular weight is 292 g/mol. The Morgan fingerprint density at radius 1 is 1.35 bits per heavy atom. The summed E-state index contributed by atoms with van der Waals surface area (Å²) in [5, 5.41) is 9.36. The molecular formula is C14H16N2O3S. The highest BCUT2D eigenvalue weighted by Gasteiger charge is 2.45. The lowest BCUT2D eigenvalue weighted by Crippen LogP contribution is -2.41. The minimum atomic E-state index is -1.01. The molecule has 1 aliphatic rings. The van der Waals surface area contributed by atoms with Crippen LogP contribution in [0.2, 0.25) is 0 Å². The largest absolute Gasteiger partial charge is 0.481 e. The first-order chi connectivity index (χ1) is 9.43. The van der Waals surface area contributed by atoms with Gasteiger partial charge in [-0.3, -0.25) is 14.5 Å². The van der Waals surface area contributed by atoms with E-state index in [-0.39, 0.29) is 18.4 Å². The van der Waals surface area contributed by atoms with Gasteiger partial charge in [-0.15, -0.1) is 0 Å². The van der Waals surface area contributed by atoms with Crippen molar-refractivity contribution in [3.63, 3.8) is 0 Å². The van der Waals surface area contributed by atoms with E-state index < -0.39 is 12.0 Å². The van der Waals surface area contributed by atoms with Gasteiger partial charge in [-0.1, -0.05) is 18.2 Å². The van der Waals surface area contributed by atoms with E-state index in [0.29, 0.717) is 10.8 Å². The number of anilines is 1. The monoisotopic (exact) mass is 292 g/mol. The average Bonchev–Trinajstić information content (AvgIpc) is 2.61. The van der Waals surface area contributed by atoms with Crippen molar-refractivity contribution in [2.45, 2.75) is 32.4 Å². The van der Waals surface area contributed by atoms with Crippen molar-refractivity contribution in [1.29, 1.82) is 0 Å². The van der Waals surface area contributed by atoms with Gasteiger partial charge in [-0.2, -0.15) is 0 Å². The second kappa shape index (κ2) is 5.58. The number of carboxylic acids is 1. The molecule has 1 amide bonds. The summed E-state index contributed by atoms with van der Waals surface area (Å²) in [6.07, 6.45) is -0.250. The summed E-state index contributed by atoms with van der Waals surface area (Å²) in [5.74, 6) is -1.29. The van der Waals surface area contributed by atoms with Gasteiger partial charge >= 0.3 is 5.97 Å². The molecule has 0 spiro atoms. The maximum absolute atomic E-state index is 12.5. The molecule has 0 aromatic heterocycles. The molecule has 2 rings (SSSR count). The molecule has 0 saturated carbocycles. The Labute approximate surface area is 122 Å². The normalized spacial score (nSPS) is 19.1. The van der Waals surface area contributed by atoms with Crippen LogP contribution in [0.15, 0.2) is 30.3 Å². The number of thiocarbonyl (C=S) groups is 1. The maximum atomic E-state index is 12.5. The first-order valence-electron chi connectivity index (χ1n) is 6.36. The van der Waals surface area contributed by atoms with Crippen molar-refractivity contribution in [2.75, 3.05) is 4.90 Å². The Morgan fingerprint density at radius 3 is 2.45 bits per heavy atom. The summed E-state index contributed by atoms with van der Waals surface area (Å²) in [7, 11) is 0. The number of hydrogen-bond donors (Lipinski definition) is 1. The number of amides is 1. The number of hydrogen-bond acceptors (Lipinski definition) is 3. The fraction of sp³-hybridized carbons (Fsp3) is 0.357. The predicted molar refractivity (Wildman–Crippen MR) is 79.5 cm³/mol. The number of rotatable bonds is 4. The SMILES string of the molecule is CC(C)N1C(=S)N(c2ccccc2)C(=O)C1CC(=O)O. The zero-order valence-electron chi connectivity index (χ0n) is 11.3. The maximum Gasteiger partial charge on any atom is 0.305 e. The Bertz CT molecular complexity index is 545. The lowest BCUT2D eigenvalue weighted by molar-refractivity contribution is -0.140. The van der Waals surface area contributed by atoms with E-state index in [2.05, 4.69) is 0 Å². The van der Waals surface area contributed by atoms with E-state index in [1.165, 1.54) is 4.90 Å². The Hall–Kier alpha value is -1.95. The third kappa shape index (κ3) is 2.51. The van der Waals surface area contributed by atoms with Gasteiger partial charge in [0, 0.05) is 6.04 Å². The minimum Gasteiger partial charge on any atom is -0.481 e. The molecule has 1 N–H and O–H groups in total. The second-order valence-electron chi connectivity index (χ2n) is 4.91. The van der Waals surface area contributed by atoms with Crippen LogP contribution in [0.1, 0.15) is 20.3 Å². The molecule has 0 bridgehead atoms. The topological polar surface area (TPSA) is 60.9 Å². The number of nitrogens with zero attached hydrogens (tertiary/aromatic N) is 2. The third-order valence-corrected chi connectivity index (χ3v) is 3.59. The summed E-state index contributed by atoms with van der Waals surface area (Å²) in [4.78, 5) is 26.6. The lowest BCUT2D eigenvalue weighted by Gasteiger charge is -2.27. The molecule has 1 saturated heterocycles. The lowest BCUT2D eigenvalue weighted by atomic mass is 10.1. The number of aliphatic carboxylic acids is 1. The highest BCUT2D eigenvalue weighted by molar-refractivity contribution is 7.80. The fourth-order valence-electron chi connectivity index (χ4n) is 2.36. The molecule has 1 aromatic carbocycles. The van der Waals surface area contributed by atoms with E-state index in [9.17, 15) is 9.59 Å².